The van der Waals surface area contributed by atoms with Gasteiger partial charge < -0.3 is 9.88 Å². The van der Waals surface area contributed by atoms with Crippen molar-refractivity contribution in [3.8, 4) is 0 Å². The Morgan fingerprint density at radius 3 is 2.35 bits per heavy atom. The normalized spacial score (nSPS) is 24.4. The van der Waals surface area contributed by atoms with Crippen molar-refractivity contribution in [3.05, 3.63) is 11.9 Å². The van der Waals surface area contributed by atoms with Gasteiger partial charge in [-0.2, -0.15) is 0 Å². The van der Waals surface area contributed by atoms with Crippen LogP contribution in [0.25, 0.3) is 0 Å². The molecule has 92 valence electrons. The van der Waals surface area contributed by atoms with Crippen molar-refractivity contribution < 1.29 is 0 Å². The molecule has 1 N–H and O–H groups in total. The molecule has 0 aliphatic heterocycles. The first-order valence-electron chi connectivity index (χ1n) is 7.13. The maximum atomic E-state index is 4.68. The van der Waals surface area contributed by atoms with Crippen molar-refractivity contribution in [1.29, 1.82) is 0 Å². The fraction of sp³-hybridized carbons (Fsp3) is 0.786. The Morgan fingerprint density at radius 2 is 1.82 bits per heavy atom. The predicted molar refractivity (Wildman–Crippen MR) is 68.1 cm³/mol. The zero-order valence-electron chi connectivity index (χ0n) is 10.5. The average Bonchev–Trinajstić information content (AvgIpc) is 3.16. The van der Waals surface area contributed by atoms with Crippen LogP contribution in [0.3, 0.4) is 0 Å². The summed E-state index contributed by atoms with van der Waals surface area (Å²) in [6.45, 7) is 2.10. The molecule has 1 heterocycles. The second-order valence-corrected chi connectivity index (χ2v) is 6.19. The summed E-state index contributed by atoms with van der Waals surface area (Å²) in [6.07, 6.45) is 10.6. The van der Waals surface area contributed by atoms with Gasteiger partial charge in [0, 0.05) is 18.3 Å². The maximum absolute atomic E-state index is 4.68. The molecule has 0 atom stereocenters. The van der Waals surface area contributed by atoms with E-state index < -0.39 is 0 Å². The zero-order valence-corrected chi connectivity index (χ0v) is 10.5. The van der Waals surface area contributed by atoms with Crippen molar-refractivity contribution in [3.63, 3.8) is 0 Å². The summed E-state index contributed by atoms with van der Waals surface area (Å²) in [7, 11) is 0. The van der Waals surface area contributed by atoms with E-state index in [2.05, 4.69) is 28.0 Å². The van der Waals surface area contributed by atoms with Gasteiger partial charge in [0.15, 0.2) is 0 Å². The van der Waals surface area contributed by atoms with Gasteiger partial charge in [0.25, 0.3) is 0 Å². The first-order chi connectivity index (χ1) is 8.31. The van der Waals surface area contributed by atoms with E-state index in [1.54, 1.807) is 0 Å². The summed E-state index contributed by atoms with van der Waals surface area (Å²) >= 11 is 0. The minimum Gasteiger partial charge on any atom is -0.352 e. The van der Waals surface area contributed by atoms with Crippen LogP contribution >= 0.6 is 0 Å². The molecule has 3 fully saturated rings. The highest BCUT2D eigenvalue weighted by Gasteiger charge is 2.42. The molecule has 0 spiro atoms. The predicted octanol–water partition coefficient (Wildman–Crippen LogP) is 3.13. The number of hydrogen-bond donors (Lipinski definition) is 1. The summed E-state index contributed by atoms with van der Waals surface area (Å²) in [4.78, 5) is 4.68. The van der Waals surface area contributed by atoms with Crippen LogP contribution in [0.1, 0.15) is 50.3 Å². The second kappa shape index (κ2) is 3.50. The molecule has 1 aromatic heterocycles. The van der Waals surface area contributed by atoms with Gasteiger partial charge in [0.05, 0.1) is 5.69 Å². The summed E-state index contributed by atoms with van der Waals surface area (Å²) in [5.74, 6) is 3.02. The van der Waals surface area contributed by atoms with Crippen LogP contribution in [0.2, 0.25) is 0 Å². The van der Waals surface area contributed by atoms with Crippen LogP contribution < -0.4 is 5.32 Å². The summed E-state index contributed by atoms with van der Waals surface area (Å²) in [5.41, 5.74) is 1.16. The summed E-state index contributed by atoms with van der Waals surface area (Å²) < 4.78 is 2.38. The Hall–Kier alpha value is -0.990. The Bertz CT molecular complexity index is 413. The first kappa shape index (κ1) is 9.98. The van der Waals surface area contributed by atoms with Crippen LogP contribution in [0.5, 0.6) is 0 Å². The van der Waals surface area contributed by atoms with Crippen LogP contribution in [0.15, 0.2) is 6.20 Å². The molecule has 0 amide bonds. The van der Waals surface area contributed by atoms with Crippen LogP contribution in [-0.4, -0.2) is 15.6 Å². The number of hydrogen-bond acceptors (Lipinski definition) is 2. The molecule has 1 aromatic rings. The fourth-order valence-electron chi connectivity index (χ4n) is 2.93. The van der Waals surface area contributed by atoms with E-state index in [9.17, 15) is 0 Å². The van der Waals surface area contributed by atoms with Gasteiger partial charge in [-0.25, -0.2) is 4.98 Å². The van der Waals surface area contributed by atoms with E-state index in [1.807, 2.05) is 0 Å². The summed E-state index contributed by atoms with van der Waals surface area (Å²) in [5, 5.41) is 3.77. The number of imidazole rings is 1. The van der Waals surface area contributed by atoms with Crippen molar-refractivity contribution in [2.45, 2.75) is 57.5 Å². The van der Waals surface area contributed by atoms with Gasteiger partial charge >= 0.3 is 0 Å². The highest BCUT2D eigenvalue weighted by atomic mass is 15.2. The van der Waals surface area contributed by atoms with Crippen LogP contribution in [0, 0.1) is 18.8 Å². The molecule has 17 heavy (non-hydrogen) atoms. The van der Waals surface area contributed by atoms with Crippen molar-refractivity contribution in [2.24, 2.45) is 11.8 Å². The SMILES string of the molecule is Cc1cn(C2CC2)c(NC(C2CC2)C2CC2)n1. The van der Waals surface area contributed by atoms with Crippen molar-refractivity contribution >= 4 is 5.95 Å². The van der Waals surface area contributed by atoms with E-state index in [1.165, 1.54) is 38.5 Å². The molecule has 3 saturated carbocycles. The Labute approximate surface area is 103 Å². The standard InChI is InChI=1S/C14H21N3/c1-9-8-17(12-6-7-12)14(15-9)16-13(10-2-3-10)11-4-5-11/h8,10-13H,2-7H2,1H3,(H,15,16). The number of aryl methyl sites for hydroxylation is 1. The third-order valence-corrected chi connectivity index (χ3v) is 4.35. The van der Waals surface area contributed by atoms with Gasteiger partial charge in [0.1, 0.15) is 0 Å². The van der Waals surface area contributed by atoms with E-state index in [0.29, 0.717) is 6.04 Å². The zero-order chi connectivity index (χ0) is 11.4. The van der Waals surface area contributed by atoms with E-state index in [4.69, 9.17) is 0 Å². The molecule has 0 radical (unpaired) electrons. The largest absolute Gasteiger partial charge is 0.352 e. The van der Waals surface area contributed by atoms with Gasteiger partial charge in [-0.15, -0.1) is 0 Å². The first-order valence-corrected chi connectivity index (χ1v) is 7.13. The number of nitrogens with one attached hydrogen (secondary N) is 1. The van der Waals surface area contributed by atoms with E-state index in [0.717, 1.165) is 29.5 Å². The number of nitrogens with zero attached hydrogens (tertiary/aromatic N) is 2. The van der Waals surface area contributed by atoms with Gasteiger partial charge in [-0.3, -0.25) is 0 Å². The fourth-order valence-corrected chi connectivity index (χ4v) is 2.93. The van der Waals surface area contributed by atoms with Gasteiger partial charge in [-0.1, -0.05) is 0 Å². The van der Waals surface area contributed by atoms with E-state index >= 15 is 0 Å². The van der Waals surface area contributed by atoms with Gasteiger partial charge in [0.2, 0.25) is 5.95 Å². The van der Waals surface area contributed by atoms with Crippen LogP contribution in [-0.2, 0) is 0 Å². The molecule has 3 aliphatic rings. The average molecular weight is 231 g/mol. The lowest BCUT2D eigenvalue weighted by molar-refractivity contribution is 0.556. The minimum absolute atomic E-state index is 0.717. The molecule has 3 heteroatoms. The number of aromatic nitrogens is 2. The topological polar surface area (TPSA) is 29.9 Å². The molecule has 3 nitrogen and oxygen atoms in total. The van der Waals surface area contributed by atoms with Gasteiger partial charge in [-0.05, 0) is 57.3 Å². The van der Waals surface area contributed by atoms with Crippen molar-refractivity contribution in [2.75, 3.05) is 5.32 Å². The molecular formula is C14H21N3. The highest BCUT2D eigenvalue weighted by Crippen LogP contribution is 2.46. The molecule has 0 bridgehead atoms. The van der Waals surface area contributed by atoms with E-state index in [-0.39, 0.29) is 0 Å². The monoisotopic (exact) mass is 231 g/mol. The third-order valence-electron chi connectivity index (χ3n) is 4.35. The molecule has 0 unspecified atom stereocenters. The Balaban J connectivity index is 1.56. The Morgan fingerprint density at radius 1 is 1.18 bits per heavy atom. The Kier molecular flexibility index (Phi) is 2.06. The molecule has 0 saturated heterocycles. The molecular weight excluding hydrogens is 210 g/mol. The molecule has 3 aliphatic carbocycles. The lowest BCUT2D eigenvalue weighted by atomic mass is 10.1. The maximum Gasteiger partial charge on any atom is 0.203 e. The third kappa shape index (κ3) is 1.96. The summed E-state index contributed by atoms with van der Waals surface area (Å²) in [6, 6.07) is 1.45. The quantitative estimate of drug-likeness (QED) is 0.843. The molecule has 4 rings (SSSR count). The molecule has 0 aromatic carbocycles. The second-order valence-electron chi connectivity index (χ2n) is 6.19. The number of anilines is 1. The lowest BCUT2D eigenvalue weighted by Gasteiger charge is -2.19. The van der Waals surface area contributed by atoms with Crippen LogP contribution in [0.4, 0.5) is 5.95 Å². The van der Waals surface area contributed by atoms with Crippen molar-refractivity contribution in [1.82, 2.24) is 9.55 Å². The smallest absolute Gasteiger partial charge is 0.203 e. The minimum atomic E-state index is 0.717. The highest BCUT2D eigenvalue weighted by molar-refractivity contribution is 5.33. The lowest BCUT2D eigenvalue weighted by Crippen LogP contribution is -2.26. The number of rotatable bonds is 5.